The number of halogens is 2. The Morgan fingerprint density at radius 2 is 1.78 bits per heavy atom. The molecule has 164 valence electrons. The Bertz CT molecular complexity index is 1170. The van der Waals surface area contributed by atoms with Crippen molar-refractivity contribution in [2.75, 3.05) is 5.32 Å². The first kappa shape index (κ1) is 23.2. The minimum atomic E-state index is -1.32. The number of hydrogen-bond acceptors (Lipinski definition) is 5. The molecule has 1 N–H and O–H groups in total. The summed E-state index contributed by atoms with van der Waals surface area (Å²) in [6.45, 7) is 1.70. The largest absolute Gasteiger partial charge is 0.447 e. The normalized spacial score (nSPS) is 11.5. The van der Waals surface area contributed by atoms with Gasteiger partial charge in [0.15, 0.2) is 0 Å². The molecule has 0 spiro atoms. The SMILES string of the molecule is Cc1ccc(NC(=O)[C@@H](OC(=O)Cc2ccc(Cl)cc2Cl)c2ccccc2)c([N+](=O)[O-])c1. The predicted molar refractivity (Wildman–Crippen MR) is 122 cm³/mol. The summed E-state index contributed by atoms with van der Waals surface area (Å²) in [6.07, 6.45) is -1.51. The highest BCUT2D eigenvalue weighted by Crippen LogP contribution is 2.28. The van der Waals surface area contributed by atoms with E-state index in [1.807, 2.05) is 0 Å². The third-order valence-corrected chi connectivity index (χ3v) is 5.13. The summed E-state index contributed by atoms with van der Waals surface area (Å²) in [7, 11) is 0. The quantitative estimate of drug-likeness (QED) is 0.271. The van der Waals surface area contributed by atoms with Crippen LogP contribution in [0.5, 0.6) is 0 Å². The summed E-state index contributed by atoms with van der Waals surface area (Å²) in [5, 5.41) is 14.6. The monoisotopic (exact) mass is 472 g/mol. The molecule has 3 aromatic rings. The topological polar surface area (TPSA) is 98.5 Å². The average molecular weight is 473 g/mol. The van der Waals surface area contributed by atoms with Crippen LogP contribution < -0.4 is 5.32 Å². The van der Waals surface area contributed by atoms with E-state index in [-0.39, 0.29) is 17.8 Å². The maximum absolute atomic E-state index is 13.0. The molecule has 0 unspecified atom stereocenters. The number of anilines is 1. The number of nitrogens with one attached hydrogen (secondary N) is 1. The number of carbonyl (C=O) groups excluding carboxylic acids is 2. The van der Waals surface area contributed by atoms with Gasteiger partial charge < -0.3 is 10.1 Å². The predicted octanol–water partition coefficient (Wildman–Crippen LogP) is 5.68. The van der Waals surface area contributed by atoms with E-state index in [4.69, 9.17) is 27.9 Å². The zero-order valence-electron chi connectivity index (χ0n) is 16.9. The second-order valence-corrected chi connectivity index (χ2v) is 7.80. The molecule has 0 saturated heterocycles. The van der Waals surface area contributed by atoms with Gasteiger partial charge in [0.1, 0.15) is 5.69 Å². The van der Waals surface area contributed by atoms with Gasteiger partial charge >= 0.3 is 5.97 Å². The van der Waals surface area contributed by atoms with E-state index >= 15 is 0 Å². The summed E-state index contributed by atoms with van der Waals surface area (Å²) >= 11 is 12.0. The van der Waals surface area contributed by atoms with Crippen molar-refractivity contribution in [2.45, 2.75) is 19.4 Å². The smallest absolute Gasteiger partial charge is 0.311 e. The van der Waals surface area contributed by atoms with Crippen LogP contribution in [0.25, 0.3) is 0 Å². The Balaban J connectivity index is 1.84. The first-order valence-corrected chi connectivity index (χ1v) is 10.2. The van der Waals surface area contributed by atoms with Gasteiger partial charge in [-0.05, 0) is 36.2 Å². The molecule has 0 aliphatic rings. The van der Waals surface area contributed by atoms with Crippen LogP contribution in [-0.4, -0.2) is 16.8 Å². The highest BCUT2D eigenvalue weighted by molar-refractivity contribution is 6.35. The second-order valence-electron chi connectivity index (χ2n) is 6.96. The van der Waals surface area contributed by atoms with Crippen molar-refractivity contribution in [3.63, 3.8) is 0 Å². The van der Waals surface area contributed by atoms with Crippen LogP contribution in [0, 0.1) is 17.0 Å². The number of amides is 1. The zero-order valence-corrected chi connectivity index (χ0v) is 18.4. The molecule has 9 heteroatoms. The lowest BCUT2D eigenvalue weighted by atomic mass is 10.1. The Kier molecular flexibility index (Phi) is 7.45. The highest BCUT2D eigenvalue weighted by atomic mass is 35.5. The van der Waals surface area contributed by atoms with Crippen molar-refractivity contribution >= 4 is 46.5 Å². The number of hydrogen-bond donors (Lipinski definition) is 1. The Hall–Kier alpha value is -3.42. The van der Waals surface area contributed by atoms with E-state index in [2.05, 4.69) is 5.32 Å². The standard InChI is InChI=1S/C23H18Cl2N2O5/c1-14-7-10-19(20(11-14)27(30)31)26-23(29)22(15-5-3-2-4-6-15)32-21(28)12-16-8-9-17(24)13-18(16)25/h2-11,13,22H,12H2,1H3,(H,26,29)/t22-/m0/s1. The third-order valence-electron chi connectivity index (χ3n) is 4.55. The van der Waals surface area contributed by atoms with Gasteiger partial charge in [-0.2, -0.15) is 0 Å². The molecule has 0 aliphatic heterocycles. The van der Waals surface area contributed by atoms with E-state index in [1.165, 1.54) is 18.2 Å². The minimum Gasteiger partial charge on any atom is -0.447 e. The van der Waals surface area contributed by atoms with Crippen LogP contribution in [-0.2, 0) is 20.7 Å². The summed E-state index contributed by atoms with van der Waals surface area (Å²) in [4.78, 5) is 36.4. The maximum Gasteiger partial charge on any atom is 0.311 e. The number of benzene rings is 3. The van der Waals surface area contributed by atoms with Crippen LogP contribution in [0.4, 0.5) is 11.4 Å². The molecule has 32 heavy (non-hydrogen) atoms. The molecule has 0 fully saturated rings. The summed E-state index contributed by atoms with van der Waals surface area (Å²) in [5.41, 5.74) is 1.31. The van der Waals surface area contributed by atoms with Crippen molar-refractivity contribution < 1.29 is 19.2 Å². The van der Waals surface area contributed by atoms with Crippen LogP contribution in [0.2, 0.25) is 10.0 Å². The number of aryl methyl sites for hydroxylation is 1. The third kappa shape index (κ3) is 5.84. The maximum atomic E-state index is 13.0. The van der Waals surface area contributed by atoms with E-state index in [1.54, 1.807) is 55.5 Å². The van der Waals surface area contributed by atoms with Crippen molar-refractivity contribution in [2.24, 2.45) is 0 Å². The van der Waals surface area contributed by atoms with Crippen LogP contribution in [0.15, 0.2) is 66.7 Å². The molecule has 3 rings (SSSR count). The van der Waals surface area contributed by atoms with Gasteiger partial charge in [0.2, 0.25) is 6.10 Å². The molecule has 0 aromatic heterocycles. The molecular formula is C23H18Cl2N2O5. The number of ether oxygens (including phenoxy) is 1. The van der Waals surface area contributed by atoms with Gasteiger partial charge in [-0.3, -0.25) is 19.7 Å². The molecule has 0 heterocycles. The lowest BCUT2D eigenvalue weighted by Crippen LogP contribution is -2.26. The molecule has 1 amide bonds. The average Bonchev–Trinajstić information content (AvgIpc) is 2.75. The fourth-order valence-corrected chi connectivity index (χ4v) is 3.47. The van der Waals surface area contributed by atoms with Crippen LogP contribution >= 0.6 is 23.2 Å². The lowest BCUT2D eigenvalue weighted by molar-refractivity contribution is -0.384. The van der Waals surface area contributed by atoms with Crippen molar-refractivity contribution in [3.05, 3.63) is 104 Å². The van der Waals surface area contributed by atoms with Crippen molar-refractivity contribution in [1.82, 2.24) is 0 Å². The number of nitro benzene ring substituents is 1. The van der Waals surface area contributed by atoms with E-state index in [0.29, 0.717) is 26.7 Å². The van der Waals surface area contributed by atoms with Gasteiger partial charge in [0.05, 0.1) is 11.3 Å². The number of nitro groups is 1. The lowest BCUT2D eigenvalue weighted by Gasteiger charge is -2.18. The second kappa shape index (κ2) is 10.3. The van der Waals surface area contributed by atoms with E-state index < -0.39 is 22.9 Å². The number of rotatable bonds is 7. The Morgan fingerprint density at radius 1 is 1.06 bits per heavy atom. The molecule has 0 radical (unpaired) electrons. The van der Waals surface area contributed by atoms with Gasteiger partial charge in [0, 0.05) is 21.7 Å². The molecule has 7 nitrogen and oxygen atoms in total. The van der Waals surface area contributed by atoms with Gasteiger partial charge in [-0.15, -0.1) is 0 Å². The molecule has 1 atom stereocenters. The fraction of sp³-hybridized carbons (Fsp3) is 0.130. The van der Waals surface area contributed by atoms with Crippen LogP contribution in [0.3, 0.4) is 0 Å². The first-order chi connectivity index (χ1) is 15.2. The number of esters is 1. The number of carbonyl (C=O) groups is 2. The molecule has 0 aliphatic carbocycles. The van der Waals surface area contributed by atoms with Gasteiger partial charge in [0.25, 0.3) is 11.6 Å². The number of nitrogens with zero attached hydrogens (tertiary/aromatic N) is 1. The van der Waals surface area contributed by atoms with Crippen LogP contribution in [0.1, 0.15) is 22.8 Å². The van der Waals surface area contributed by atoms with Crippen molar-refractivity contribution in [1.29, 1.82) is 0 Å². The van der Waals surface area contributed by atoms with Gasteiger partial charge in [-0.1, -0.05) is 65.7 Å². The summed E-state index contributed by atoms with van der Waals surface area (Å²) in [5.74, 6) is -1.42. The Morgan fingerprint density at radius 3 is 2.44 bits per heavy atom. The highest BCUT2D eigenvalue weighted by Gasteiger charge is 2.27. The van der Waals surface area contributed by atoms with Crippen molar-refractivity contribution in [3.8, 4) is 0 Å². The molecule has 0 bridgehead atoms. The minimum absolute atomic E-state index is 0.00308. The molecular weight excluding hydrogens is 455 g/mol. The summed E-state index contributed by atoms with van der Waals surface area (Å²) in [6, 6.07) is 17.5. The zero-order chi connectivity index (χ0) is 23.3. The van der Waals surface area contributed by atoms with E-state index in [0.717, 1.165) is 0 Å². The molecule has 0 saturated carbocycles. The summed E-state index contributed by atoms with van der Waals surface area (Å²) < 4.78 is 5.47. The fourth-order valence-electron chi connectivity index (χ4n) is 2.99. The van der Waals surface area contributed by atoms with E-state index in [9.17, 15) is 19.7 Å². The first-order valence-electron chi connectivity index (χ1n) is 9.49. The van der Waals surface area contributed by atoms with Gasteiger partial charge in [-0.25, -0.2) is 0 Å². The molecule has 3 aromatic carbocycles. The Labute approximate surface area is 194 Å².